The van der Waals surface area contributed by atoms with Crippen LogP contribution >= 0.6 is 7.37 Å². The summed E-state index contributed by atoms with van der Waals surface area (Å²) in [6.07, 6.45) is -5.69. The lowest BCUT2D eigenvalue weighted by Crippen LogP contribution is -2.22. The Kier molecular flexibility index (Phi) is 5.99. The Morgan fingerprint density at radius 2 is 1.86 bits per heavy atom. The minimum Gasteiger partial charge on any atom is -0.481 e. The van der Waals surface area contributed by atoms with Crippen molar-refractivity contribution in [1.82, 2.24) is 0 Å². The van der Waals surface area contributed by atoms with Crippen molar-refractivity contribution in [2.45, 2.75) is 31.1 Å². The van der Waals surface area contributed by atoms with Crippen molar-refractivity contribution < 1.29 is 37.3 Å². The third kappa shape index (κ3) is 6.46. The van der Waals surface area contributed by atoms with Crippen molar-refractivity contribution in [1.29, 1.82) is 0 Å². The summed E-state index contributed by atoms with van der Waals surface area (Å²) in [5.74, 6) is -2.79. The molecule has 0 amide bonds. The number of carboxylic acids is 1. The summed E-state index contributed by atoms with van der Waals surface area (Å²) in [6.45, 7) is 0. The molecule has 22 heavy (non-hydrogen) atoms. The maximum Gasteiger partial charge on any atom is 0.573 e. The lowest BCUT2D eigenvalue weighted by atomic mass is 10.2. The van der Waals surface area contributed by atoms with Gasteiger partial charge in [-0.1, -0.05) is 12.1 Å². The summed E-state index contributed by atoms with van der Waals surface area (Å²) in [4.78, 5) is 20.2. The molecule has 2 unspecified atom stereocenters. The molecule has 0 spiro atoms. The number of halogens is 3. The van der Waals surface area contributed by atoms with Crippen molar-refractivity contribution in [2.75, 3.05) is 0 Å². The van der Waals surface area contributed by atoms with Crippen LogP contribution in [0, 0.1) is 0 Å². The second-order valence-electron chi connectivity index (χ2n) is 4.61. The normalized spacial score (nSPS) is 15.9. The van der Waals surface area contributed by atoms with Gasteiger partial charge in [-0.3, -0.25) is 9.36 Å². The zero-order chi connectivity index (χ0) is 17.0. The van der Waals surface area contributed by atoms with E-state index in [4.69, 9.17) is 10.8 Å². The maximum atomic E-state index is 12.0. The number of aliphatic carboxylic acids is 1. The van der Waals surface area contributed by atoms with Crippen LogP contribution in [0.3, 0.4) is 0 Å². The first kappa shape index (κ1) is 18.5. The SMILES string of the molecule is NC(CCC(=O)O)P(=O)(O)Cc1ccc(OC(F)(F)F)cc1. The lowest BCUT2D eigenvalue weighted by molar-refractivity contribution is -0.274. The summed E-state index contributed by atoms with van der Waals surface area (Å²) in [5.41, 5.74) is 5.81. The van der Waals surface area contributed by atoms with E-state index in [0.717, 1.165) is 12.1 Å². The van der Waals surface area contributed by atoms with Gasteiger partial charge >= 0.3 is 12.3 Å². The molecule has 1 aromatic rings. The average molecular weight is 341 g/mol. The zero-order valence-electron chi connectivity index (χ0n) is 11.3. The van der Waals surface area contributed by atoms with Crippen LogP contribution in [0.5, 0.6) is 5.75 Å². The van der Waals surface area contributed by atoms with E-state index in [1.807, 2.05) is 0 Å². The lowest BCUT2D eigenvalue weighted by Gasteiger charge is -2.19. The van der Waals surface area contributed by atoms with Crippen LogP contribution < -0.4 is 10.5 Å². The Morgan fingerprint density at radius 1 is 1.32 bits per heavy atom. The van der Waals surface area contributed by atoms with Crippen LogP contribution in [-0.4, -0.2) is 28.1 Å². The molecule has 0 saturated carbocycles. The molecule has 124 valence electrons. The quantitative estimate of drug-likeness (QED) is 0.657. The molecule has 0 saturated heterocycles. The molecule has 0 aliphatic carbocycles. The van der Waals surface area contributed by atoms with Crippen molar-refractivity contribution >= 4 is 13.3 Å². The van der Waals surface area contributed by atoms with Gasteiger partial charge in [0.15, 0.2) is 0 Å². The number of hydrogen-bond donors (Lipinski definition) is 3. The fraction of sp³-hybridized carbons (Fsp3) is 0.417. The number of carbonyl (C=O) groups is 1. The van der Waals surface area contributed by atoms with Crippen molar-refractivity contribution in [3.8, 4) is 5.75 Å². The van der Waals surface area contributed by atoms with E-state index in [2.05, 4.69) is 4.74 Å². The highest BCUT2D eigenvalue weighted by Gasteiger charge is 2.31. The molecular formula is C12H15F3NO5P. The molecule has 0 fully saturated rings. The number of ether oxygens (including phenoxy) is 1. The van der Waals surface area contributed by atoms with Gasteiger partial charge in [0.2, 0.25) is 7.37 Å². The summed E-state index contributed by atoms with van der Waals surface area (Å²) < 4.78 is 51.7. The topological polar surface area (TPSA) is 110 Å². The highest BCUT2D eigenvalue weighted by atomic mass is 31.2. The number of rotatable bonds is 7. The molecule has 0 heterocycles. The standard InChI is InChI=1S/C12H15F3NO5P/c13-12(14,15)21-9-3-1-8(2-4-9)7-22(19,20)10(16)5-6-11(17)18/h1-4,10H,5-7,16H2,(H,17,18)(H,19,20). The average Bonchev–Trinajstić information content (AvgIpc) is 2.36. The van der Waals surface area contributed by atoms with Gasteiger partial charge in [0.1, 0.15) is 5.75 Å². The van der Waals surface area contributed by atoms with Gasteiger partial charge in [-0.25, -0.2) is 0 Å². The molecule has 2 atom stereocenters. The number of nitrogens with two attached hydrogens (primary N) is 1. The first-order valence-corrected chi connectivity index (χ1v) is 8.04. The summed E-state index contributed by atoms with van der Waals surface area (Å²) in [7, 11) is -3.87. The van der Waals surface area contributed by atoms with Crippen LogP contribution in [0.15, 0.2) is 24.3 Å². The minimum atomic E-state index is -4.81. The molecule has 6 nitrogen and oxygen atoms in total. The third-order valence-corrected chi connectivity index (χ3v) is 4.85. The smallest absolute Gasteiger partial charge is 0.481 e. The highest BCUT2D eigenvalue weighted by Crippen LogP contribution is 2.49. The van der Waals surface area contributed by atoms with E-state index in [0.29, 0.717) is 5.56 Å². The van der Waals surface area contributed by atoms with Gasteiger partial charge in [0, 0.05) is 6.42 Å². The summed E-state index contributed by atoms with van der Waals surface area (Å²) in [5, 5.41) is 8.51. The molecule has 1 aromatic carbocycles. The molecule has 1 rings (SSSR count). The van der Waals surface area contributed by atoms with Gasteiger partial charge in [-0.15, -0.1) is 13.2 Å². The minimum absolute atomic E-state index is 0.168. The molecule has 0 aliphatic rings. The molecule has 0 bridgehead atoms. The fourth-order valence-corrected chi connectivity index (χ4v) is 3.15. The van der Waals surface area contributed by atoms with Crippen LogP contribution in [0.2, 0.25) is 0 Å². The van der Waals surface area contributed by atoms with Gasteiger partial charge in [-0.05, 0) is 24.1 Å². The monoisotopic (exact) mass is 341 g/mol. The molecule has 10 heteroatoms. The number of carboxylic acid groups (broad SMARTS) is 1. The van der Waals surface area contributed by atoms with E-state index in [9.17, 15) is 27.4 Å². The van der Waals surface area contributed by atoms with E-state index in [-0.39, 0.29) is 19.0 Å². The van der Waals surface area contributed by atoms with Gasteiger partial charge < -0.3 is 20.5 Å². The summed E-state index contributed by atoms with van der Waals surface area (Å²) in [6, 6.07) is 4.47. The Balaban J connectivity index is 2.69. The number of hydrogen-bond acceptors (Lipinski definition) is 4. The van der Waals surface area contributed by atoms with E-state index in [1.54, 1.807) is 0 Å². The Labute approximate surface area is 124 Å². The van der Waals surface area contributed by atoms with E-state index in [1.165, 1.54) is 12.1 Å². The first-order chi connectivity index (χ1) is 9.99. The predicted molar refractivity (Wildman–Crippen MR) is 71.5 cm³/mol. The maximum absolute atomic E-state index is 12.0. The van der Waals surface area contributed by atoms with Crippen LogP contribution in [0.1, 0.15) is 18.4 Å². The molecule has 0 aromatic heterocycles. The van der Waals surface area contributed by atoms with Crippen LogP contribution in [-0.2, 0) is 15.5 Å². The van der Waals surface area contributed by atoms with Crippen LogP contribution in [0.25, 0.3) is 0 Å². The van der Waals surface area contributed by atoms with Crippen molar-refractivity contribution in [2.24, 2.45) is 5.73 Å². The second kappa shape index (κ2) is 7.13. The molecule has 0 aliphatic heterocycles. The predicted octanol–water partition coefficient (Wildman–Crippen LogP) is 2.51. The van der Waals surface area contributed by atoms with Crippen molar-refractivity contribution in [3.63, 3.8) is 0 Å². The van der Waals surface area contributed by atoms with Crippen LogP contribution in [0.4, 0.5) is 13.2 Å². The van der Waals surface area contributed by atoms with Gasteiger partial charge in [0.25, 0.3) is 0 Å². The zero-order valence-corrected chi connectivity index (χ0v) is 12.2. The molecular weight excluding hydrogens is 326 g/mol. The summed E-state index contributed by atoms with van der Waals surface area (Å²) >= 11 is 0. The Hall–Kier alpha value is -1.57. The van der Waals surface area contributed by atoms with Gasteiger partial charge in [-0.2, -0.15) is 0 Å². The van der Waals surface area contributed by atoms with E-state index >= 15 is 0 Å². The Bertz CT molecular complexity index is 561. The largest absolute Gasteiger partial charge is 0.573 e. The first-order valence-electron chi connectivity index (χ1n) is 6.13. The third-order valence-electron chi connectivity index (χ3n) is 2.74. The highest BCUT2D eigenvalue weighted by molar-refractivity contribution is 7.57. The number of alkyl halides is 3. The number of benzene rings is 1. The van der Waals surface area contributed by atoms with Crippen molar-refractivity contribution in [3.05, 3.63) is 29.8 Å². The Morgan fingerprint density at radius 3 is 2.32 bits per heavy atom. The molecule has 4 N–H and O–H groups in total. The second-order valence-corrected chi connectivity index (χ2v) is 7.10. The fourth-order valence-electron chi connectivity index (χ4n) is 1.65. The molecule has 0 radical (unpaired) electrons. The van der Waals surface area contributed by atoms with E-state index < -0.39 is 31.2 Å². The van der Waals surface area contributed by atoms with Gasteiger partial charge in [0.05, 0.1) is 11.9 Å².